The van der Waals surface area contributed by atoms with Gasteiger partial charge in [-0.05, 0) is 38.0 Å². The lowest BCUT2D eigenvalue weighted by Gasteiger charge is -2.16. The Hall–Kier alpha value is -1.39. The first-order chi connectivity index (χ1) is 8.92. The van der Waals surface area contributed by atoms with Crippen molar-refractivity contribution in [2.75, 3.05) is 0 Å². The minimum Gasteiger partial charge on any atom is -0.339 e. The molecule has 0 saturated carbocycles. The van der Waals surface area contributed by atoms with Crippen molar-refractivity contribution in [2.45, 2.75) is 38.6 Å². The first kappa shape index (κ1) is 14.0. The summed E-state index contributed by atoms with van der Waals surface area (Å²) in [6.07, 6.45) is 2.17. The topological polar surface area (TPSA) is 64.9 Å². The van der Waals surface area contributed by atoms with E-state index < -0.39 is 0 Å². The number of hydrogen-bond donors (Lipinski definition) is 1. The molecule has 0 unspecified atom stereocenters. The third kappa shape index (κ3) is 4.65. The van der Waals surface area contributed by atoms with Crippen LogP contribution < -0.4 is 5.73 Å². The average molecular weight is 280 g/mol. The molecule has 2 N–H and O–H groups in total. The second kappa shape index (κ2) is 5.72. The lowest BCUT2D eigenvalue weighted by atomic mass is 10.0. The molecule has 0 aliphatic rings. The predicted molar refractivity (Wildman–Crippen MR) is 75.1 cm³/mol. The second-order valence-corrected chi connectivity index (χ2v) is 5.83. The van der Waals surface area contributed by atoms with Crippen molar-refractivity contribution in [3.05, 3.63) is 46.6 Å². The van der Waals surface area contributed by atoms with E-state index in [0.717, 1.165) is 17.0 Å². The van der Waals surface area contributed by atoms with Crippen LogP contribution in [0, 0.1) is 0 Å². The number of hydrogen-bond acceptors (Lipinski definition) is 4. The maximum absolute atomic E-state index is 5.93. The summed E-state index contributed by atoms with van der Waals surface area (Å²) in [6, 6.07) is 7.63. The van der Waals surface area contributed by atoms with Gasteiger partial charge in [0.25, 0.3) is 0 Å². The van der Waals surface area contributed by atoms with Gasteiger partial charge in [0.1, 0.15) is 0 Å². The van der Waals surface area contributed by atoms with Gasteiger partial charge in [0.15, 0.2) is 5.82 Å². The summed E-state index contributed by atoms with van der Waals surface area (Å²) < 4.78 is 5.21. The SMILES string of the molecule is CC(C)(N)CCc1nc(Cc2ccc(Cl)cc2)no1. The zero-order chi connectivity index (χ0) is 13.9. The van der Waals surface area contributed by atoms with Gasteiger partial charge >= 0.3 is 0 Å². The molecule has 1 heterocycles. The monoisotopic (exact) mass is 279 g/mol. The van der Waals surface area contributed by atoms with Crippen molar-refractivity contribution >= 4 is 11.6 Å². The largest absolute Gasteiger partial charge is 0.339 e. The van der Waals surface area contributed by atoms with Gasteiger partial charge < -0.3 is 10.3 Å². The Morgan fingerprint density at radius 1 is 1.26 bits per heavy atom. The van der Waals surface area contributed by atoms with E-state index in [0.29, 0.717) is 24.6 Å². The standard InChI is InChI=1S/C14H18ClN3O/c1-14(2,16)8-7-13-17-12(18-19-13)9-10-3-5-11(15)6-4-10/h3-6H,7-9,16H2,1-2H3. The fraction of sp³-hybridized carbons (Fsp3) is 0.429. The quantitative estimate of drug-likeness (QED) is 0.914. The van der Waals surface area contributed by atoms with E-state index in [9.17, 15) is 0 Å². The van der Waals surface area contributed by atoms with E-state index in [-0.39, 0.29) is 5.54 Å². The van der Waals surface area contributed by atoms with E-state index in [1.54, 1.807) is 0 Å². The Labute approximate surface area is 118 Å². The summed E-state index contributed by atoms with van der Waals surface area (Å²) in [7, 11) is 0. The first-order valence-corrected chi connectivity index (χ1v) is 6.65. The van der Waals surface area contributed by atoms with Crippen molar-refractivity contribution in [1.29, 1.82) is 0 Å². The van der Waals surface area contributed by atoms with Crippen LogP contribution in [0.4, 0.5) is 0 Å². The van der Waals surface area contributed by atoms with E-state index in [4.69, 9.17) is 21.9 Å². The van der Waals surface area contributed by atoms with E-state index in [2.05, 4.69) is 10.1 Å². The number of nitrogens with two attached hydrogens (primary N) is 1. The zero-order valence-electron chi connectivity index (χ0n) is 11.2. The Kier molecular flexibility index (Phi) is 4.22. The van der Waals surface area contributed by atoms with Crippen LogP contribution in [0.1, 0.15) is 37.5 Å². The molecule has 5 heteroatoms. The van der Waals surface area contributed by atoms with Gasteiger partial charge in [-0.15, -0.1) is 0 Å². The van der Waals surface area contributed by atoms with Crippen LogP contribution in [0.25, 0.3) is 0 Å². The minimum atomic E-state index is -0.217. The van der Waals surface area contributed by atoms with Gasteiger partial charge in [0.05, 0.1) is 0 Å². The summed E-state index contributed by atoms with van der Waals surface area (Å²) in [4.78, 5) is 4.36. The summed E-state index contributed by atoms with van der Waals surface area (Å²) in [5.41, 5.74) is 6.82. The summed E-state index contributed by atoms with van der Waals surface area (Å²) in [6.45, 7) is 3.97. The molecule has 0 radical (unpaired) electrons. The van der Waals surface area contributed by atoms with Crippen LogP contribution in [0.3, 0.4) is 0 Å². The number of rotatable bonds is 5. The second-order valence-electron chi connectivity index (χ2n) is 5.40. The Morgan fingerprint density at radius 3 is 2.58 bits per heavy atom. The molecule has 0 atom stereocenters. The molecule has 2 aromatic rings. The van der Waals surface area contributed by atoms with Crippen molar-refractivity contribution in [2.24, 2.45) is 5.73 Å². The smallest absolute Gasteiger partial charge is 0.226 e. The lowest BCUT2D eigenvalue weighted by molar-refractivity contribution is 0.355. The van der Waals surface area contributed by atoms with Gasteiger partial charge in [0, 0.05) is 23.4 Å². The zero-order valence-corrected chi connectivity index (χ0v) is 11.9. The van der Waals surface area contributed by atoms with Gasteiger partial charge in [-0.3, -0.25) is 0 Å². The molecule has 1 aromatic heterocycles. The molecule has 2 rings (SSSR count). The highest BCUT2D eigenvalue weighted by Crippen LogP contribution is 2.13. The van der Waals surface area contributed by atoms with E-state index in [1.807, 2.05) is 38.1 Å². The number of halogens is 1. The average Bonchev–Trinajstić information content (AvgIpc) is 2.77. The Morgan fingerprint density at radius 2 is 1.95 bits per heavy atom. The Balaban J connectivity index is 1.95. The normalized spacial score (nSPS) is 11.8. The molecule has 0 aliphatic heterocycles. The number of benzene rings is 1. The molecule has 1 aromatic carbocycles. The molecule has 19 heavy (non-hydrogen) atoms. The van der Waals surface area contributed by atoms with Crippen LogP contribution in [0.5, 0.6) is 0 Å². The Bertz CT molecular complexity index is 528. The summed E-state index contributed by atoms with van der Waals surface area (Å²) in [5.74, 6) is 1.33. The molecule has 0 bridgehead atoms. The molecule has 0 amide bonds. The van der Waals surface area contributed by atoms with Gasteiger partial charge in [-0.25, -0.2) is 0 Å². The minimum absolute atomic E-state index is 0.217. The molecule has 0 spiro atoms. The van der Waals surface area contributed by atoms with Crippen molar-refractivity contribution in [1.82, 2.24) is 10.1 Å². The van der Waals surface area contributed by atoms with Crippen molar-refractivity contribution < 1.29 is 4.52 Å². The molecular weight excluding hydrogens is 262 g/mol. The van der Waals surface area contributed by atoms with Crippen molar-refractivity contribution in [3.8, 4) is 0 Å². The third-order valence-corrected chi connectivity index (χ3v) is 3.02. The molecule has 102 valence electrons. The maximum atomic E-state index is 5.93. The molecular formula is C14H18ClN3O. The van der Waals surface area contributed by atoms with Crippen LogP contribution >= 0.6 is 11.6 Å². The fourth-order valence-corrected chi connectivity index (χ4v) is 1.80. The van der Waals surface area contributed by atoms with E-state index >= 15 is 0 Å². The van der Waals surface area contributed by atoms with Gasteiger partial charge in [0.2, 0.25) is 5.89 Å². The predicted octanol–water partition coefficient (Wildman–Crippen LogP) is 2.98. The lowest BCUT2D eigenvalue weighted by Crippen LogP contribution is -2.32. The molecule has 4 nitrogen and oxygen atoms in total. The molecule has 0 saturated heterocycles. The van der Waals surface area contributed by atoms with Crippen LogP contribution in [0.2, 0.25) is 5.02 Å². The highest BCUT2D eigenvalue weighted by Gasteiger charge is 2.14. The highest BCUT2D eigenvalue weighted by atomic mass is 35.5. The summed E-state index contributed by atoms with van der Waals surface area (Å²) in [5, 5.41) is 4.70. The number of aromatic nitrogens is 2. The first-order valence-electron chi connectivity index (χ1n) is 6.27. The van der Waals surface area contributed by atoms with Gasteiger partial charge in [-0.1, -0.05) is 28.9 Å². The van der Waals surface area contributed by atoms with Crippen LogP contribution in [-0.2, 0) is 12.8 Å². The van der Waals surface area contributed by atoms with Crippen molar-refractivity contribution in [3.63, 3.8) is 0 Å². The van der Waals surface area contributed by atoms with E-state index in [1.165, 1.54) is 0 Å². The fourth-order valence-electron chi connectivity index (χ4n) is 1.68. The van der Waals surface area contributed by atoms with Crippen LogP contribution in [0.15, 0.2) is 28.8 Å². The number of aryl methyl sites for hydroxylation is 1. The molecule has 0 fully saturated rings. The van der Waals surface area contributed by atoms with Gasteiger partial charge in [-0.2, -0.15) is 4.98 Å². The number of nitrogens with zero attached hydrogens (tertiary/aromatic N) is 2. The molecule has 0 aliphatic carbocycles. The third-order valence-electron chi connectivity index (χ3n) is 2.77. The maximum Gasteiger partial charge on any atom is 0.226 e. The van der Waals surface area contributed by atoms with Crippen LogP contribution in [-0.4, -0.2) is 15.7 Å². The highest BCUT2D eigenvalue weighted by molar-refractivity contribution is 6.30. The summed E-state index contributed by atoms with van der Waals surface area (Å²) >= 11 is 5.84.